The summed E-state index contributed by atoms with van der Waals surface area (Å²) in [6.45, 7) is 3.84. The standard InChI is InChI=1S/C25H30N2O7S/c1-2-26(13-6-3-4-10-24(28)29)20-12-11-19-17-21(25(30)34-23(19)18-20)22-9-5-7-14-27(22)15-8-16-35(31,32)33/h5,7,9,11-12,14,17-18H,2-4,6,8,10,13,15-16H2,1H3,(H-,28,29,31,32,33). The molecule has 35 heavy (non-hydrogen) atoms. The molecular weight excluding hydrogens is 472 g/mol. The number of pyridine rings is 1. The summed E-state index contributed by atoms with van der Waals surface area (Å²) in [4.78, 5) is 25.7. The van der Waals surface area contributed by atoms with Crippen molar-refractivity contribution in [3.05, 3.63) is 59.1 Å². The zero-order valence-corrected chi connectivity index (χ0v) is 20.5. The fraction of sp³-hybridized carbons (Fsp3) is 0.400. The van der Waals surface area contributed by atoms with Gasteiger partial charge in [0.25, 0.3) is 0 Å². The van der Waals surface area contributed by atoms with Crippen LogP contribution in [0.4, 0.5) is 5.69 Å². The minimum Gasteiger partial charge on any atom is -0.748 e. The molecule has 0 saturated heterocycles. The van der Waals surface area contributed by atoms with Gasteiger partial charge in [-0.25, -0.2) is 13.2 Å². The van der Waals surface area contributed by atoms with Crippen LogP contribution in [0.2, 0.25) is 0 Å². The summed E-state index contributed by atoms with van der Waals surface area (Å²) in [5, 5.41) is 9.51. The van der Waals surface area contributed by atoms with Crippen molar-refractivity contribution in [2.24, 2.45) is 0 Å². The van der Waals surface area contributed by atoms with E-state index in [-0.39, 0.29) is 19.4 Å². The van der Waals surface area contributed by atoms with E-state index in [4.69, 9.17) is 9.52 Å². The minimum absolute atomic E-state index is 0.138. The van der Waals surface area contributed by atoms with Crippen LogP contribution in [0.5, 0.6) is 0 Å². The van der Waals surface area contributed by atoms with E-state index in [9.17, 15) is 22.6 Å². The van der Waals surface area contributed by atoms with Crippen LogP contribution in [-0.4, -0.2) is 42.9 Å². The van der Waals surface area contributed by atoms with Crippen molar-refractivity contribution in [3.8, 4) is 11.3 Å². The van der Waals surface area contributed by atoms with Crippen molar-refractivity contribution in [2.75, 3.05) is 23.7 Å². The highest BCUT2D eigenvalue weighted by Crippen LogP contribution is 2.24. The van der Waals surface area contributed by atoms with E-state index >= 15 is 0 Å². The number of hydrogen-bond donors (Lipinski definition) is 1. The van der Waals surface area contributed by atoms with Gasteiger partial charge in [-0.3, -0.25) is 4.79 Å². The fourth-order valence-electron chi connectivity index (χ4n) is 4.03. The van der Waals surface area contributed by atoms with Crippen LogP contribution in [0.25, 0.3) is 22.2 Å². The Morgan fingerprint density at radius 2 is 1.91 bits per heavy atom. The molecular formula is C25H30N2O7S. The van der Waals surface area contributed by atoms with Crippen LogP contribution < -0.4 is 15.1 Å². The summed E-state index contributed by atoms with van der Waals surface area (Å²) < 4.78 is 40.2. The van der Waals surface area contributed by atoms with Gasteiger partial charge in [0.2, 0.25) is 5.69 Å². The van der Waals surface area contributed by atoms with Gasteiger partial charge in [0.15, 0.2) is 6.20 Å². The topological polar surface area (TPSA) is 132 Å². The zero-order valence-electron chi connectivity index (χ0n) is 19.7. The highest BCUT2D eigenvalue weighted by Gasteiger charge is 2.18. The Bertz CT molecular complexity index is 1340. The molecule has 0 atom stereocenters. The van der Waals surface area contributed by atoms with Crippen molar-refractivity contribution < 1.29 is 31.9 Å². The highest BCUT2D eigenvalue weighted by atomic mass is 32.2. The largest absolute Gasteiger partial charge is 0.748 e. The van der Waals surface area contributed by atoms with Gasteiger partial charge < -0.3 is 19.0 Å². The Morgan fingerprint density at radius 1 is 1.11 bits per heavy atom. The van der Waals surface area contributed by atoms with Gasteiger partial charge in [0.05, 0.1) is 10.1 Å². The summed E-state index contributed by atoms with van der Waals surface area (Å²) in [6, 6.07) is 12.7. The SMILES string of the molecule is CCN(CCCCCC(=O)O)c1ccc2cc(-c3cccc[n+]3CCCS(=O)(=O)[O-])c(=O)oc2c1. The number of rotatable bonds is 13. The van der Waals surface area contributed by atoms with Crippen LogP contribution in [-0.2, 0) is 21.5 Å². The van der Waals surface area contributed by atoms with E-state index in [1.807, 2.05) is 25.1 Å². The molecule has 0 aliphatic rings. The first-order valence-electron chi connectivity index (χ1n) is 11.6. The number of aryl methyl sites for hydroxylation is 1. The van der Waals surface area contributed by atoms with Crippen molar-refractivity contribution in [1.82, 2.24) is 0 Å². The molecule has 0 radical (unpaired) electrons. The Labute approximate surface area is 204 Å². The number of nitrogens with zero attached hydrogens (tertiary/aromatic N) is 2. The van der Waals surface area contributed by atoms with Gasteiger partial charge in [-0.2, -0.15) is 4.57 Å². The third-order valence-electron chi connectivity index (χ3n) is 5.80. The maximum absolute atomic E-state index is 12.9. The first-order chi connectivity index (χ1) is 16.7. The number of carbonyl (C=O) groups is 1. The Balaban J connectivity index is 1.81. The quantitative estimate of drug-likeness (QED) is 0.163. The maximum Gasteiger partial charge on any atom is 0.350 e. The number of carboxylic acid groups (broad SMARTS) is 1. The number of aliphatic carboxylic acids is 1. The van der Waals surface area contributed by atoms with E-state index in [0.29, 0.717) is 23.3 Å². The summed E-state index contributed by atoms with van der Waals surface area (Å²) >= 11 is 0. The lowest BCUT2D eigenvalue weighted by atomic mass is 10.1. The number of unbranched alkanes of at least 4 members (excludes halogenated alkanes) is 2. The van der Waals surface area contributed by atoms with Crippen LogP contribution in [0.1, 0.15) is 39.0 Å². The lowest BCUT2D eigenvalue weighted by Gasteiger charge is -2.23. The van der Waals surface area contributed by atoms with E-state index < -0.39 is 27.5 Å². The van der Waals surface area contributed by atoms with Crippen LogP contribution in [0, 0.1) is 0 Å². The predicted molar refractivity (Wildman–Crippen MR) is 131 cm³/mol. The third-order valence-corrected chi connectivity index (χ3v) is 6.58. The number of hydrogen-bond acceptors (Lipinski definition) is 7. The average molecular weight is 503 g/mol. The number of anilines is 1. The molecule has 2 heterocycles. The van der Waals surface area contributed by atoms with E-state index in [1.54, 1.807) is 35.0 Å². The molecule has 0 amide bonds. The van der Waals surface area contributed by atoms with Gasteiger partial charge in [0, 0.05) is 61.0 Å². The predicted octanol–water partition coefficient (Wildman–Crippen LogP) is 3.15. The second-order valence-electron chi connectivity index (χ2n) is 8.35. The lowest BCUT2D eigenvalue weighted by Crippen LogP contribution is -2.37. The molecule has 1 aromatic carbocycles. The summed E-state index contributed by atoms with van der Waals surface area (Å²) in [6.07, 6.45) is 4.38. The molecule has 0 fully saturated rings. The third kappa shape index (κ3) is 7.63. The van der Waals surface area contributed by atoms with Crippen molar-refractivity contribution in [3.63, 3.8) is 0 Å². The molecule has 0 bridgehead atoms. The van der Waals surface area contributed by atoms with Gasteiger partial charge in [-0.1, -0.05) is 6.42 Å². The monoisotopic (exact) mass is 502 g/mol. The van der Waals surface area contributed by atoms with Crippen molar-refractivity contribution in [2.45, 2.75) is 45.6 Å². The number of benzene rings is 1. The average Bonchev–Trinajstić information content (AvgIpc) is 2.80. The summed E-state index contributed by atoms with van der Waals surface area (Å²) in [7, 11) is -4.31. The van der Waals surface area contributed by atoms with Gasteiger partial charge in [0.1, 0.15) is 17.7 Å². The molecule has 2 aromatic heterocycles. The van der Waals surface area contributed by atoms with E-state index in [2.05, 4.69) is 4.90 Å². The van der Waals surface area contributed by atoms with Crippen LogP contribution >= 0.6 is 0 Å². The van der Waals surface area contributed by atoms with Gasteiger partial charge in [-0.05, 0) is 44.0 Å². The molecule has 0 aliphatic carbocycles. The second kappa shape index (κ2) is 11.9. The molecule has 10 heteroatoms. The number of fused-ring (bicyclic) bond motifs is 1. The van der Waals surface area contributed by atoms with Crippen LogP contribution in [0.15, 0.2) is 57.9 Å². The molecule has 0 saturated carbocycles. The normalized spacial score (nSPS) is 11.6. The van der Waals surface area contributed by atoms with Crippen molar-refractivity contribution >= 4 is 32.7 Å². The number of aromatic nitrogens is 1. The van der Waals surface area contributed by atoms with Gasteiger partial charge in [-0.15, -0.1) is 0 Å². The van der Waals surface area contributed by atoms with Crippen LogP contribution in [0.3, 0.4) is 0 Å². The molecule has 0 aliphatic heterocycles. The number of carboxylic acids is 1. The molecule has 3 rings (SSSR count). The molecule has 3 aromatic rings. The van der Waals surface area contributed by atoms with E-state index in [1.165, 1.54) is 0 Å². The Kier molecular flexibility index (Phi) is 9.00. The van der Waals surface area contributed by atoms with Gasteiger partial charge >= 0.3 is 11.6 Å². The first-order valence-corrected chi connectivity index (χ1v) is 13.2. The molecule has 9 nitrogen and oxygen atoms in total. The smallest absolute Gasteiger partial charge is 0.350 e. The summed E-state index contributed by atoms with van der Waals surface area (Å²) in [5.74, 6) is -1.26. The fourth-order valence-corrected chi connectivity index (χ4v) is 4.51. The Hall–Kier alpha value is -3.24. The molecule has 1 N–H and O–H groups in total. The maximum atomic E-state index is 12.9. The second-order valence-corrected chi connectivity index (χ2v) is 9.87. The summed E-state index contributed by atoms with van der Waals surface area (Å²) in [5.41, 5.74) is 1.79. The molecule has 0 unspecified atom stereocenters. The zero-order chi connectivity index (χ0) is 25.4. The first kappa shape index (κ1) is 26.4. The minimum atomic E-state index is -4.31. The van der Waals surface area contributed by atoms with Crippen molar-refractivity contribution in [1.29, 1.82) is 0 Å². The van der Waals surface area contributed by atoms with E-state index in [0.717, 1.165) is 37.0 Å². The highest BCUT2D eigenvalue weighted by molar-refractivity contribution is 7.85. The Morgan fingerprint density at radius 3 is 2.63 bits per heavy atom. The lowest BCUT2D eigenvalue weighted by molar-refractivity contribution is -0.686. The molecule has 0 spiro atoms. The molecule has 188 valence electrons.